The molecular formula is C23H31N5O3. The van der Waals surface area contributed by atoms with E-state index in [1.54, 1.807) is 13.0 Å². The van der Waals surface area contributed by atoms with Crippen molar-refractivity contribution >= 4 is 23.3 Å². The van der Waals surface area contributed by atoms with Gasteiger partial charge in [0.1, 0.15) is 5.76 Å². The molecule has 0 saturated carbocycles. The summed E-state index contributed by atoms with van der Waals surface area (Å²) in [7, 11) is 2.13. The number of nitrogens with zero attached hydrogens (tertiary/aromatic N) is 3. The maximum atomic E-state index is 12.4. The zero-order chi connectivity index (χ0) is 21.8. The molecule has 4 rings (SSSR count). The number of aromatic nitrogens is 1. The quantitative estimate of drug-likeness (QED) is 0.716. The summed E-state index contributed by atoms with van der Waals surface area (Å²) in [6.07, 6.45) is 5.78. The van der Waals surface area contributed by atoms with Crippen molar-refractivity contribution in [2.24, 2.45) is 0 Å². The van der Waals surface area contributed by atoms with Gasteiger partial charge in [0.05, 0.1) is 6.04 Å². The monoisotopic (exact) mass is 425 g/mol. The minimum atomic E-state index is -0.738. The number of carbonyl (C=O) groups excluding carboxylic acids is 2. The second kappa shape index (κ2) is 9.51. The van der Waals surface area contributed by atoms with Gasteiger partial charge in [-0.2, -0.15) is 0 Å². The normalized spacial score (nSPS) is 17.7. The molecule has 1 aromatic heterocycles. The molecule has 1 unspecified atom stereocenters. The van der Waals surface area contributed by atoms with E-state index in [4.69, 9.17) is 4.52 Å². The van der Waals surface area contributed by atoms with Gasteiger partial charge in [-0.1, -0.05) is 23.7 Å². The first-order valence-electron chi connectivity index (χ1n) is 11.1. The number of piperidine rings is 1. The fourth-order valence-electron chi connectivity index (χ4n) is 4.57. The predicted octanol–water partition coefficient (Wildman–Crippen LogP) is 2.65. The average Bonchev–Trinajstić information content (AvgIpc) is 3.19. The number of fused-ring (bicyclic) bond motifs is 1. The number of benzene rings is 1. The summed E-state index contributed by atoms with van der Waals surface area (Å²) in [6, 6.07) is 8.27. The maximum absolute atomic E-state index is 12.4. The number of carbonyl (C=O) groups is 2. The molecule has 1 fully saturated rings. The summed E-state index contributed by atoms with van der Waals surface area (Å²) < 4.78 is 4.93. The number of aryl methyl sites for hydroxylation is 2. The maximum Gasteiger partial charge on any atom is 0.314 e. The Bertz CT molecular complexity index is 935. The molecule has 2 aromatic rings. The van der Waals surface area contributed by atoms with Crippen LogP contribution in [0.5, 0.6) is 0 Å². The van der Waals surface area contributed by atoms with Gasteiger partial charge in [0.2, 0.25) is 0 Å². The second-order valence-corrected chi connectivity index (χ2v) is 8.51. The van der Waals surface area contributed by atoms with Crippen LogP contribution in [-0.2, 0) is 16.0 Å². The SMILES string of the molecule is Cc1cc(NC(=O)C(=O)NCC(c2ccc3c(c2)CCCN3C)N2CCCCC2)no1. The van der Waals surface area contributed by atoms with E-state index in [9.17, 15) is 9.59 Å². The number of hydrogen-bond acceptors (Lipinski definition) is 6. The van der Waals surface area contributed by atoms with Gasteiger partial charge in [0.15, 0.2) is 5.82 Å². The van der Waals surface area contributed by atoms with Crippen LogP contribution in [0.2, 0.25) is 0 Å². The Morgan fingerprint density at radius 2 is 1.90 bits per heavy atom. The van der Waals surface area contributed by atoms with Crippen molar-refractivity contribution in [3.05, 3.63) is 41.2 Å². The molecule has 0 bridgehead atoms. The van der Waals surface area contributed by atoms with Crippen LogP contribution in [0.3, 0.4) is 0 Å². The molecular weight excluding hydrogens is 394 g/mol. The number of anilines is 2. The Hall–Kier alpha value is -2.87. The van der Waals surface area contributed by atoms with Crippen molar-refractivity contribution in [3.63, 3.8) is 0 Å². The molecule has 0 spiro atoms. The molecule has 8 nitrogen and oxygen atoms in total. The number of rotatable bonds is 5. The molecule has 8 heteroatoms. The Kier molecular flexibility index (Phi) is 6.56. The first kappa shape index (κ1) is 21.4. The lowest BCUT2D eigenvalue weighted by Crippen LogP contribution is -2.43. The summed E-state index contributed by atoms with van der Waals surface area (Å²) in [5, 5.41) is 9.01. The number of likely N-dealkylation sites (tertiary alicyclic amines) is 1. The van der Waals surface area contributed by atoms with Gasteiger partial charge < -0.3 is 14.7 Å². The lowest BCUT2D eigenvalue weighted by molar-refractivity contribution is -0.136. The van der Waals surface area contributed by atoms with Crippen LogP contribution in [-0.4, -0.2) is 55.1 Å². The van der Waals surface area contributed by atoms with Crippen molar-refractivity contribution in [2.75, 3.05) is 43.4 Å². The van der Waals surface area contributed by atoms with Crippen LogP contribution in [0.1, 0.15) is 48.6 Å². The molecule has 1 aromatic carbocycles. The smallest absolute Gasteiger partial charge is 0.314 e. The topological polar surface area (TPSA) is 90.7 Å². The Labute approximate surface area is 182 Å². The molecule has 1 saturated heterocycles. The van der Waals surface area contributed by atoms with Crippen molar-refractivity contribution in [3.8, 4) is 0 Å². The van der Waals surface area contributed by atoms with E-state index < -0.39 is 11.8 Å². The van der Waals surface area contributed by atoms with Crippen LogP contribution >= 0.6 is 0 Å². The number of nitrogens with one attached hydrogen (secondary N) is 2. The molecule has 2 N–H and O–H groups in total. The highest BCUT2D eigenvalue weighted by Gasteiger charge is 2.26. The highest BCUT2D eigenvalue weighted by molar-refractivity contribution is 6.39. The highest BCUT2D eigenvalue weighted by Crippen LogP contribution is 2.31. The van der Waals surface area contributed by atoms with Crippen LogP contribution in [0, 0.1) is 6.92 Å². The fourth-order valence-corrected chi connectivity index (χ4v) is 4.57. The lowest BCUT2D eigenvalue weighted by atomic mass is 9.95. The zero-order valence-corrected chi connectivity index (χ0v) is 18.3. The van der Waals surface area contributed by atoms with E-state index in [1.165, 1.54) is 23.2 Å². The van der Waals surface area contributed by atoms with Gasteiger partial charge in [0, 0.05) is 31.9 Å². The molecule has 2 amide bonds. The van der Waals surface area contributed by atoms with Crippen molar-refractivity contribution < 1.29 is 14.1 Å². The van der Waals surface area contributed by atoms with Crippen LogP contribution in [0.25, 0.3) is 0 Å². The van der Waals surface area contributed by atoms with Gasteiger partial charge in [0.25, 0.3) is 0 Å². The third kappa shape index (κ3) is 5.07. The predicted molar refractivity (Wildman–Crippen MR) is 119 cm³/mol. The molecule has 166 valence electrons. The van der Waals surface area contributed by atoms with Crippen LogP contribution in [0.4, 0.5) is 11.5 Å². The molecule has 1 atom stereocenters. The van der Waals surface area contributed by atoms with Crippen molar-refractivity contribution in [1.29, 1.82) is 0 Å². The fraction of sp³-hybridized carbons (Fsp3) is 0.522. The standard InChI is InChI=1S/C23H31N5O3/c1-16-13-21(26-31-16)25-23(30)22(29)24-15-20(28-11-4-3-5-12-28)18-8-9-19-17(14-18)7-6-10-27(19)2/h8-9,13-14,20H,3-7,10-12,15H2,1-2H3,(H,24,29)(H,25,26,30). The van der Waals surface area contributed by atoms with Gasteiger partial charge in [-0.05, 0) is 62.9 Å². The number of hydrogen-bond donors (Lipinski definition) is 2. The van der Waals surface area contributed by atoms with E-state index in [0.29, 0.717) is 12.3 Å². The third-order valence-corrected chi connectivity index (χ3v) is 6.20. The molecule has 31 heavy (non-hydrogen) atoms. The van der Waals surface area contributed by atoms with E-state index in [2.05, 4.69) is 50.8 Å². The Balaban J connectivity index is 1.46. The van der Waals surface area contributed by atoms with Crippen LogP contribution in [0.15, 0.2) is 28.8 Å². The molecule has 2 aliphatic heterocycles. The molecule has 0 aliphatic carbocycles. The second-order valence-electron chi connectivity index (χ2n) is 8.51. The van der Waals surface area contributed by atoms with Gasteiger partial charge in [-0.15, -0.1) is 0 Å². The summed E-state index contributed by atoms with van der Waals surface area (Å²) in [4.78, 5) is 29.4. The summed E-state index contributed by atoms with van der Waals surface area (Å²) in [6.45, 7) is 5.20. The average molecular weight is 426 g/mol. The van der Waals surface area contributed by atoms with Crippen molar-refractivity contribution in [2.45, 2.75) is 45.1 Å². The first-order chi connectivity index (χ1) is 15.0. The lowest BCUT2D eigenvalue weighted by Gasteiger charge is -2.36. The number of amides is 2. The van der Waals surface area contributed by atoms with Gasteiger partial charge in [-0.3, -0.25) is 19.8 Å². The minimum absolute atomic E-state index is 0.0453. The molecule has 0 radical (unpaired) electrons. The van der Waals surface area contributed by atoms with Crippen LogP contribution < -0.4 is 15.5 Å². The third-order valence-electron chi connectivity index (χ3n) is 6.20. The van der Waals surface area contributed by atoms with E-state index in [0.717, 1.165) is 45.3 Å². The molecule has 2 aliphatic rings. The van der Waals surface area contributed by atoms with Gasteiger partial charge >= 0.3 is 11.8 Å². The first-order valence-corrected chi connectivity index (χ1v) is 11.1. The van der Waals surface area contributed by atoms with E-state index in [1.807, 2.05) is 0 Å². The largest absolute Gasteiger partial charge is 0.374 e. The summed E-state index contributed by atoms with van der Waals surface area (Å²) >= 11 is 0. The zero-order valence-electron chi connectivity index (χ0n) is 18.3. The van der Waals surface area contributed by atoms with E-state index in [-0.39, 0.29) is 11.9 Å². The Morgan fingerprint density at radius 1 is 1.10 bits per heavy atom. The Morgan fingerprint density at radius 3 is 2.65 bits per heavy atom. The molecule has 3 heterocycles. The minimum Gasteiger partial charge on any atom is -0.374 e. The summed E-state index contributed by atoms with van der Waals surface area (Å²) in [5.74, 6) is -0.596. The summed E-state index contributed by atoms with van der Waals surface area (Å²) in [5.41, 5.74) is 3.85. The van der Waals surface area contributed by atoms with Crippen molar-refractivity contribution in [1.82, 2.24) is 15.4 Å². The highest BCUT2D eigenvalue weighted by atomic mass is 16.5. The van der Waals surface area contributed by atoms with Gasteiger partial charge in [-0.25, -0.2) is 0 Å². The van der Waals surface area contributed by atoms with E-state index >= 15 is 0 Å².